The molecule has 0 radical (unpaired) electrons. The second-order valence-corrected chi connectivity index (χ2v) is 9.25. The molecule has 1 unspecified atom stereocenters. The van der Waals surface area contributed by atoms with Crippen molar-refractivity contribution in [1.82, 2.24) is 4.90 Å². The van der Waals surface area contributed by atoms with E-state index in [1.54, 1.807) is 17.9 Å². The molecule has 33 heavy (non-hydrogen) atoms. The summed E-state index contributed by atoms with van der Waals surface area (Å²) in [5.74, 6) is 0.959. The summed E-state index contributed by atoms with van der Waals surface area (Å²) in [6, 6.07) is 11.0. The Balaban J connectivity index is 1.42. The standard InChI is InChI=1S/C25H26ClNO5S/c1-2-30-25(29)20-5-3-4-12-27(20)24(28)11-7-17-6-10-23(19(26)15-17)33-18-8-9-21-22(16-18)32-14-13-31-21/h6-11,15-16,20H,2-5,12-14H2,1H3. The Kier molecular flexibility index (Phi) is 7.83. The number of carbonyl (C=O) groups is 2. The number of ether oxygens (including phenoxy) is 3. The van der Waals surface area contributed by atoms with Crippen LogP contribution >= 0.6 is 23.4 Å². The molecule has 1 atom stereocenters. The van der Waals surface area contributed by atoms with Crippen molar-refractivity contribution in [2.24, 2.45) is 0 Å². The molecule has 6 nitrogen and oxygen atoms in total. The first kappa shape index (κ1) is 23.5. The number of nitrogens with zero attached hydrogens (tertiary/aromatic N) is 1. The number of piperidine rings is 1. The number of hydrogen-bond acceptors (Lipinski definition) is 6. The highest BCUT2D eigenvalue weighted by Crippen LogP contribution is 2.39. The molecule has 0 saturated carbocycles. The van der Waals surface area contributed by atoms with E-state index in [2.05, 4.69) is 0 Å². The fraction of sp³-hybridized carbons (Fsp3) is 0.360. The van der Waals surface area contributed by atoms with Crippen molar-refractivity contribution in [2.45, 2.75) is 42.0 Å². The fourth-order valence-electron chi connectivity index (χ4n) is 3.86. The summed E-state index contributed by atoms with van der Waals surface area (Å²) in [4.78, 5) is 28.5. The Bertz CT molecular complexity index is 1060. The summed E-state index contributed by atoms with van der Waals surface area (Å²) in [6.07, 6.45) is 5.65. The maximum atomic E-state index is 12.8. The van der Waals surface area contributed by atoms with Gasteiger partial charge in [0.25, 0.3) is 0 Å². The van der Waals surface area contributed by atoms with Crippen LogP contribution in [0.3, 0.4) is 0 Å². The number of likely N-dealkylation sites (tertiary alicyclic amines) is 1. The fourth-order valence-corrected chi connectivity index (χ4v) is 5.01. The average molecular weight is 488 g/mol. The van der Waals surface area contributed by atoms with E-state index < -0.39 is 6.04 Å². The number of carbonyl (C=O) groups excluding carboxylic acids is 2. The van der Waals surface area contributed by atoms with Gasteiger partial charge in [0.15, 0.2) is 11.5 Å². The lowest BCUT2D eigenvalue weighted by atomic mass is 10.0. The zero-order valence-corrected chi connectivity index (χ0v) is 20.0. The quantitative estimate of drug-likeness (QED) is 0.411. The molecular formula is C25H26ClNO5S. The van der Waals surface area contributed by atoms with E-state index in [1.807, 2.05) is 36.4 Å². The first-order valence-electron chi connectivity index (χ1n) is 11.1. The van der Waals surface area contributed by atoms with Crippen LogP contribution in [0.25, 0.3) is 6.08 Å². The van der Waals surface area contributed by atoms with E-state index in [9.17, 15) is 9.59 Å². The normalized spacial score (nSPS) is 17.8. The number of fused-ring (bicyclic) bond motifs is 1. The lowest BCUT2D eigenvalue weighted by molar-refractivity contribution is -0.155. The third kappa shape index (κ3) is 5.84. The zero-order valence-electron chi connectivity index (χ0n) is 18.4. The largest absolute Gasteiger partial charge is 0.486 e. The summed E-state index contributed by atoms with van der Waals surface area (Å²) in [6.45, 7) is 3.73. The lowest BCUT2D eigenvalue weighted by Crippen LogP contribution is -2.48. The Morgan fingerprint density at radius 2 is 1.97 bits per heavy atom. The first-order valence-corrected chi connectivity index (χ1v) is 12.3. The minimum absolute atomic E-state index is 0.196. The van der Waals surface area contributed by atoms with Gasteiger partial charge < -0.3 is 19.1 Å². The van der Waals surface area contributed by atoms with Crippen molar-refractivity contribution in [1.29, 1.82) is 0 Å². The monoisotopic (exact) mass is 487 g/mol. The molecule has 0 aliphatic carbocycles. The summed E-state index contributed by atoms with van der Waals surface area (Å²) >= 11 is 8.05. The van der Waals surface area contributed by atoms with Crippen LogP contribution in [-0.4, -0.2) is 49.2 Å². The third-order valence-corrected chi connectivity index (χ3v) is 6.95. The molecule has 0 spiro atoms. The van der Waals surface area contributed by atoms with Crippen LogP contribution in [0.5, 0.6) is 11.5 Å². The molecule has 4 rings (SSSR count). The van der Waals surface area contributed by atoms with Gasteiger partial charge in [0.2, 0.25) is 5.91 Å². The molecule has 2 aliphatic heterocycles. The van der Waals surface area contributed by atoms with Crippen LogP contribution in [0.1, 0.15) is 31.7 Å². The third-order valence-electron chi connectivity index (χ3n) is 5.46. The molecule has 1 amide bonds. The molecule has 2 aromatic rings. The Hall–Kier alpha value is -2.64. The minimum Gasteiger partial charge on any atom is -0.486 e. The van der Waals surface area contributed by atoms with Gasteiger partial charge in [0.1, 0.15) is 19.3 Å². The van der Waals surface area contributed by atoms with E-state index in [1.165, 1.54) is 17.8 Å². The van der Waals surface area contributed by atoms with Gasteiger partial charge in [-0.3, -0.25) is 4.79 Å². The first-order chi connectivity index (χ1) is 16.0. The molecule has 0 aromatic heterocycles. The van der Waals surface area contributed by atoms with E-state index >= 15 is 0 Å². The van der Waals surface area contributed by atoms with Crippen molar-refractivity contribution in [3.8, 4) is 11.5 Å². The number of esters is 1. The van der Waals surface area contributed by atoms with E-state index in [-0.39, 0.29) is 11.9 Å². The van der Waals surface area contributed by atoms with Crippen LogP contribution in [-0.2, 0) is 14.3 Å². The van der Waals surface area contributed by atoms with E-state index in [0.29, 0.717) is 37.8 Å². The highest BCUT2D eigenvalue weighted by Gasteiger charge is 2.32. The molecule has 2 aromatic carbocycles. The number of hydrogen-bond donors (Lipinski definition) is 0. The molecule has 8 heteroatoms. The topological polar surface area (TPSA) is 65.1 Å². The van der Waals surface area contributed by atoms with Crippen LogP contribution in [0, 0.1) is 0 Å². The molecule has 174 valence electrons. The molecule has 2 heterocycles. The Morgan fingerprint density at radius 3 is 2.76 bits per heavy atom. The van der Waals surface area contributed by atoms with Crippen LogP contribution in [0.4, 0.5) is 0 Å². The summed E-state index contributed by atoms with van der Waals surface area (Å²) < 4.78 is 16.4. The van der Waals surface area contributed by atoms with Crippen molar-refractivity contribution in [3.05, 3.63) is 53.1 Å². The zero-order chi connectivity index (χ0) is 23.2. The smallest absolute Gasteiger partial charge is 0.328 e. The van der Waals surface area contributed by atoms with Gasteiger partial charge in [-0.05, 0) is 68.2 Å². The van der Waals surface area contributed by atoms with Crippen LogP contribution in [0.2, 0.25) is 5.02 Å². The maximum absolute atomic E-state index is 12.8. The molecule has 0 N–H and O–H groups in total. The van der Waals surface area contributed by atoms with Crippen molar-refractivity contribution in [3.63, 3.8) is 0 Å². The molecular weight excluding hydrogens is 462 g/mol. The van der Waals surface area contributed by atoms with Gasteiger partial charge in [-0.1, -0.05) is 29.4 Å². The summed E-state index contributed by atoms with van der Waals surface area (Å²) in [7, 11) is 0. The Labute approximate surface area is 202 Å². The maximum Gasteiger partial charge on any atom is 0.328 e. The Morgan fingerprint density at radius 1 is 1.15 bits per heavy atom. The van der Waals surface area contributed by atoms with Gasteiger partial charge in [0, 0.05) is 22.4 Å². The number of benzene rings is 2. The second-order valence-electron chi connectivity index (χ2n) is 7.73. The van der Waals surface area contributed by atoms with Gasteiger partial charge in [0.05, 0.1) is 11.6 Å². The van der Waals surface area contributed by atoms with Gasteiger partial charge in [-0.15, -0.1) is 0 Å². The highest BCUT2D eigenvalue weighted by atomic mass is 35.5. The molecule has 1 fully saturated rings. The molecule has 0 bridgehead atoms. The molecule has 1 saturated heterocycles. The number of halogens is 1. The van der Waals surface area contributed by atoms with Crippen molar-refractivity contribution >= 4 is 41.3 Å². The van der Waals surface area contributed by atoms with E-state index in [0.717, 1.165) is 39.7 Å². The summed E-state index contributed by atoms with van der Waals surface area (Å²) in [5.41, 5.74) is 0.810. The number of amides is 1. The average Bonchev–Trinajstić information content (AvgIpc) is 2.84. The van der Waals surface area contributed by atoms with Crippen molar-refractivity contribution in [2.75, 3.05) is 26.4 Å². The van der Waals surface area contributed by atoms with Gasteiger partial charge in [-0.25, -0.2) is 4.79 Å². The second kappa shape index (κ2) is 11.0. The predicted molar refractivity (Wildman–Crippen MR) is 128 cm³/mol. The van der Waals surface area contributed by atoms with E-state index in [4.69, 9.17) is 25.8 Å². The lowest BCUT2D eigenvalue weighted by Gasteiger charge is -2.33. The van der Waals surface area contributed by atoms with Gasteiger partial charge in [-0.2, -0.15) is 0 Å². The van der Waals surface area contributed by atoms with Crippen LogP contribution in [0.15, 0.2) is 52.3 Å². The van der Waals surface area contributed by atoms with Crippen LogP contribution < -0.4 is 9.47 Å². The SMILES string of the molecule is CCOC(=O)C1CCCCN1C(=O)C=Cc1ccc(Sc2ccc3c(c2)OCCO3)c(Cl)c1. The molecule has 2 aliphatic rings. The summed E-state index contributed by atoms with van der Waals surface area (Å²) in [5, 5.41) is 0.590. The predicted octanol–water partition coefficient (Wildman–Crippen LogP) is 5.22. The highest BCUT2D eigenvalue weighted by molar-refractivity contribution is 7.99. The number of rotatable bonds is 6. The van der Waals surface area contributed by atoms with Crippen molar-refractivity contribution < 1.29 is 23.8 Å². The van der Waals surface area contributed by atoms with Gasteiger partial charge >= 0.3 is 5.97 Å². The minimum atomic E-state index is -0.510.